The fourth-order valence-corrected chi connectivity index (χ4v) is 5.11. The Bertz CT molecular complexity index is 1060. The molecule has 0 radical (unpaired) electrons. The van der Waals surface area contributed by atoms with E-state index in [4.69, 9.17) is 4.98 Å². The van der Waals surface area contributed by atoms with Gasteiger partial charge >= 0.3 is 0 Å². The van der Waals surface area contributed by atoms with Crippen molar-refractivity contribution in [1.82, 2.24) is 29.5 Å². The average Bonchev–Trinajstić information content (AvgIpc) is 3.20. The van der Waals surface area contributed by atoms with Gasteiger partial charge in [0.2, 0.25) is 5.82 Å². The van der Waals surface area contributed by atoms with Crippen LogP contribution in [0.15, 0.2) is 36.5 Å². The first-order chi connectivity index (χ1) is 15.2. The van der Waals surface area contributed by atoms with Gasteiger partial charge in [-0.2, -0.15) is 16.9 Å². The Kier molecular flexibility index (Phi) is 5.78. The molecule has 0 N–H and O–H groups in total. The van der Waals surface area contributed by atoms with Crippen molar-refractivity contribution in [3.63, 3.8) is 0 Å². The summed E-state index contributed by atoms with van der Waals surface area (Å²) in [7, 11) is 1.86. The maximum atomic E-state index is 13.3. The van der Waals surface area contributed by atoms with Crippen LogP contribution < -0.4 is 4.90 Å². The Hall–Kier alpha value is -2.65. The van der Waals surface area contributed by atoms with Crippen molar-refractivity contribution in [2.75, 3.05) is 55.7 Å². The van der Waals surface area contributed by atoms with Gasteiger partial charge in [-0.05, 0) is 5.56 Å². The minimum Gasteiger partial charge on any atom is -0.354 e. The number of aryl methyl sites for hydroxylation is 1. The fourth-order valence-electron chi connectivity index (χ4n) is 4.21. The smallest absolute Gasteiger partial charge is 0.291 e. The summed E-state index contributed by atoms with van der Waals surface area (Å²) < 4.78 is 1.73. The summed E-state index contributed by atoms with van der Waals surface area (Å²) in [6.45, 7) is 5.85. The number of anilines is 1. The van der Waals surface area contributed by atoms with E-state index in [0.29, 0.717) is 18.7 Å². The molecule has 0 bridgehead atoms. The molecule has 0 spiro atoms. The van der Waals surface area contributed by atoms with Crippen LogP contribution in [0.2, 0.25) is 0 Å². The average molecular weight is 438 g/mol. The van der Waals surface area contributed by atoms with Gasteiger partial charge in [-0.25, -0.2) is 9.97 Å². The number of hydrogen-bond donors (Lipinski definition) is 0. The maximum absolute atomic E-state index is 13.3. The van der Waals surface area contributed by atoms with Gasteiger partial charge in [-0.15, -0.1) is 0 Å². The van der Waals surface area contributed by atoms with Crippen molar-refractivity contribution < 1.29 is 4.79 Å². The molecule has 0 atom stereocenters. The predicted octanol–water partition coefficient (Wildman–Crippen LogP) is 1.87. The summed E-state index contributed by atoms with van der Waals surface area (Å²) in [5.41, 5.74) is 2.02. The van der Waals surface area contributed by atoms with Crippen LogP contribution in [0.25, 0.3) is 11.0 Å². The lowest BCUT2D eigenvalue weighted by Gasteiger charge is -2.34. The highest BCUT2D eigenvalue weighted by molar-refractivity contribution is 7.99. The molecule has 0 aliphatic carbocycles. The standard InChI is InChI=1S/C22H27N7OS/c1-26-20-18(15-23-26)21(28-11-13-31-14-12-28)25-19(24-20)22(30)29-9-7-27(8-10-29)16-17-5-3-2-4-6-17/h2-6,15H,7-14,16H2,1H3. The summed E-state index contributed by atoms with van der Waals surface area (Å²) in [6, 6.07) is 10.5. The molecule has 3 aromatic rings. The Morgan fingerprint density at radius 3 is 2.48 bits per heavy atom. The second kappa shape index (κ2) is 8.84. The molecule has 8 nitrogen and oxygen atoms in total. The molecule has 2 fully saturated rings. The number of carbonyl (C=O) groups excluding carboxylic acids is 1. The first-order valence-corrected chi connectivity index (χ1v) is 11.9. The zero-order valence-electron chi connectivity index (χ0n) is 17.8. The van der Waals surface area contributed by atoms with Crippen LogP contribution in [-0.4, -0.2) is 86.2 Å². The van der Waals surface area contributed by atoms with Crippen LogP contribution in [0.1, 0.15) is 16.2 Å². The van der Waals surface area contributed by atoms with E-state index in [1.54, 1.807) is 4.68 Å². The number of rotatable bonds is 4. The number of nitrogens with zero attached hydrogens (tertiary/aromatic N) is 7. The van der Waals surface area contributed by atoms with Crippen molar-refractivity contribution in [1.29, 1.82) is 0 Å². The zero-order valence-corrected chi connectivity index (χ0v) is 18.6. The summed E-state index contributed by atoms with van der Waals surface area (Å²) in [5, 5.41) is 5.28. The topological polar surface area (TPSA) is 70.4 Å². The fraction of sp³-hybridized carbons (Fsp3) is 0.455. The number of amides is 1. The van der Waals surface area contributed by atoms with E-state index >= 15 is 0 Å². The summed E-state index contributed by atoms with van der Waals surface area (Å²) in [5.74, 6) is 3.16. The van der Waals surface area contributed by atoms with Crippen LogP contribution in [0.4, 0.5) is 5.82 Å². The molecule has 2 aliphatic rings. The third-order valence-corrected chi connectivity index (χ3v) is 6.92. The van der Waals surface area contributed by atoms with E-state index in [9.17, 15) is 4.79 Å². The Balaban J connectivity index is 1.33. The summed E-state index contributed by atoms with van der Waals surface area (Å²) in [6.07, 6.45) is 1.81. The van der Waals surface area contributed by atoms with Crippen molar-refractivity contribution in [2.24, 2.45) is 7.05 Å². The number of aromatic nitrogens is 4. The van der Waals surface area contributed by atoms with Crippen molar-refractivity contribution in [3.8, 4) is 0 Å². The van der Waals surface area contributed by atoms with Gasteiger partial charge in [0.15, 0.2) is 5.65 Å². The van der Waals surface area contributed by atoms with Crippen molar-refractivity contribution in [2.45, 2.75) is 6.54 Å². The summed E-state index contributed by atoms with van der Waals surface area (Å²) in [4.78, 5) is 29.2. The zero-order chi connectivity index (χ0) is 21.2. The van der Waals surface area contributed by atoms with E-state index in [2.05, 4.69) is 44.1 Å². The lowest BCUT2D eigenvalue weighted by atomic mass is 10.2. The summed E-state index contributed by atoms with van der Waals surface area (Å²) >= 11 is 1.95. The van der Waals surface area contributed by atoms with Gasteiger partial charge in [0, 0.05) is 64.4 Å². The predicted molar refractivity (Wildman–Crippen MR) is 123 cm³/mol. The first-order valence-electron chi connectivity index (χ1n) is 10.8. The normalized spacial score (nSPS) is 18.0. The minimum atomic E-state index is -0.0879. The lowest BCUT2D eigenvalue weighted by molar-refractivity contribution is 0.0617. The van der Waals surface area contributed by atoms with Crippen molar-refractivity contribution in [3.05, 3.63) is 47.9 Å². The van der Waals surface area contributed by atoms with Crippen LogP contribution in [0.5, 0.6) is 0 Å². The van der Waals surface area contributed by atoms with Gasteiger partial charge in [0.1, 0.15) is 5.82 Å². The third kappa shape index (κ3) is 4.24. The van der Waals surface area contributed by atoms with E-state index in [-0.39, 0.29) is 11.7 Å². The Labute approximate surface area is 186 Å². The second-order valence-corrected chi connectivity index (χ2v) is 9.25. The molecular weight excluding hydrogens is 410 g/mol. The highest BCUT2D eigenvalue weighted by Gasteiger charge is 2.27. The molecule has 31 heavy (non-hydrogen) atoms. The molecule has 2 saturated heterocycles. The second-order valence-electron chi connectivity index (χ2n) is 8.03. The molecule has 0 saturated carbocycles. The lowest BCUT2D eigenvalue weighted by Crippen LogP contribution is -2.48. The quantitative estimate of drug-likeness (QED) is 0.617. The van der Waals surface area contributed by atoms with Gasteiger partial charge in [0.05, 0.1) is 11.6 Å². The number of piperazine rings is 1. The first kappa shape index (κ1) is 20.3. The molecule has 1 amide bonds. The van der Waals surface area contributed by atoms with Gasteiger partial charge < -0.3 is 9.80 Å². The molecule has 162 valence electrons. The number of hydrogen-bond acceptors (Lipinski definition) is 7. The third-order valence-electron chi connectivity index (χ3n) is 5.98. The number of fused-ring (bicyclic) bond motifs is 1. The maximum Gasteiger partial charge on any atom is 0.291 e. The molecular formula is C22H27N7OS. The largest absolute Gasteiger partial charge is 0.354 e. The van der Waals surface area contributed by atoms with E-state index < -0.39 is 0 Å². The van der Waals surface area contributed by atoms with Crippen LogP contribution >= 0.6 is 11.8 Å². The van der Waals surface area contributed by atoms with Crippen molar-refractivity contribution >= 4 is 34.5 Å². The highest BCUT2D eigenvalue weighted by Crippen LogP contribution is 2.26. The highest BCUT2D eigenvalue weighted by atomic mass is 32.2. The molecule has 0 unspecified atom stereocenters. The van der Waals surface area contributed by atoms with Crippen LogP contribution in [-0.2, 0) is 13.6 Å². The van der Waals surface area contributed by atoms with Gasteiger partial charge in [-0.3, -0.25) is 14.4 Å². The number of thioether (sulfide) groups is 1. The molecule has 1 aromatic carbocycles. The molecule has 2 aromatic heterocycles. The number of carbonyl (C=O) groups is 1. The minimum absolute atomic E-state index is 0.0879. The van der Waals surface area contributed by atoms with Gasteiger partial charge in [0.25, 0.3) is 5.91 Å². The van der Waals surface area contributed by atoms with Crippen LogP contribution in [0.3, 0.4) is 0 Å². The van der Waals surface area contributed by atoms with E-state index in [1.807, 2.05) is 36.0 Å². The monoisotopic (exact) mass is 437 g/mol. The van der Waals surface area contributed by atoms with Crippen LogP contribution in [0, 0.1) is 0 Å². The van der Waals surface area contributed by atoms with E-state index in [1.165, 1.54) is 5.56 Å². The molecule has 2 aliphatic heterocycles. The van der Waals surface area contributed by atoms with E-state index in [0.717, 1.165) is 55.4 Å². The SMILES string of the molecule is Cn1ncc2c(N3CCSCC3)nc(C(=O)N3CCN(Cc4ccccc4)CC3)nc21. The molecule has 5 rings (SSSR count). The van der Waals surface area contributed by atoms with Gasteiger partial charge in [-0.1, -0.05) is 30.3 Å². The number of benzene rings is 1. The molecule has 4 heterocycles. The Morgan fingerprint density at radius 1 is 1.00 bits per heavy atom. The molecule has 9 heteroatoms. The Morgan fingerprint density at radius 2 is 1.74 bits per heavy atom.